The normalized spacial score (nSPS) is 17.0. The lowest BCUT2D eigenvalue weighted by Gasteiger charge is -1.96. The maximum absolute atomic E-state index is 8.91. The number of rotatable bonds is 2. The van der Waals surface area contributed by atoms with E-state index in [0.717, 1.165) is 23.5 Å². The summed E-state index contributed by atoms with van der Waals surface area (Å²) in [4.78, 5) is 5.15. The molecule has 0 amide bonds. The van der Waals surface area contributed by atoms with Crippen LogP contribution in [0.5, 0.6) is 0 Å². The van der Waals surface area contributed by atoms with E-state index in [1.165, 1.54) is 11.3 Å². The van der Waals surface area contributed by atoms with Crippen LogP contribution >= 0.6 is 11.3 Å². The van der Waals surface area contributed by atoms with E-state index in [1.807, 2.05) is 5.38 Å². The van der Waals surface area contributed by atoms with E-state index < -0.39 is 0 Å². The molecule has 0 atom stereocenters. The molecule has 2 aromatic rings. The second kappa shape index (κ2) is 3.16. The Bertz CT molecular complexity index is 574. The fraction of sp³-hybridized carbons (Fsp3) is 0.364. The Morgan fingerprint density at radius 1 is 1.56 bits per heavy atom. The molecule has 4 nitrogen and oxygen atoms in total. The van der Waals surface area contributed by atoms with Crippen molar-refractivity contribution < 1.29 is 4.52 Å². The summed E-state index contributed by atoms with van der Waals surface area (Å²) in [5.41, 5.74) is 0.701. The number of hydrogen-bond acceptors (Lipinski definition) is 5. The van der Waals surface area contributed by atoms with Crippen LogP contribution in [0, 0.1) is 11.3 Å². The van der Waals surface area contributed by atoms with E-state index in [4.69, 9.17) is 9.78 Å². The molecule has 3 rings (SSSR count). The molecule has 5 heteroatoms. The van der Waals surface area contributed by atoms with Crippen LogP contribution in [0.25, 0.3) is 10.8 Å². The highest BCUT2D eigenvalue weighted by Crippen LogP contribution is 2.46. The minimum Gasteiger partial charge on any atom is -0.333 e. The van der Waals surface area contributed by atoms with Gasteiger partial charge in [-0.3, -0.25) is 0 Å². The first-order valence-corrected chi connectivity index (χ1v) is 5.93. The fourth-order valence-electron chi connectivity index (χ4n) is 1.53. The molecule has 0 aromatic carbocycles. The van der Waals surface area contributed by atoms with Crippen molar-refractivity contribution in [2.75, 3.05) is 0 Å². The van der Waals surface area contributed by atoms with Gasteiger partial charge in [-0.25, -0.2) is 0 Å². The molecule has 0 radical (unpaired) electrons. The molecule has 80 valence electrons. The van der Waals surface area contributed by atoms with Gasteiger partial charge in [-0.1, -0.05) is 12.1 Å². The predicted octanol–water partition coefficient (Wildman–Crippen LogP) is 2.72. The van der Waals surface area contributed by atoms with Crippen molar-refractivity contribution in [1.82, 2.24) is 10.1 Å². The van der Waals surface area contributed by atoms with Gasteiger partial charge in [-0.15, -0.1) is 11.3 Å². The summed E-state index contributed by atoms with van der Waals surface area (Å²) in [6.07, 6.45) is 2.23. The predicted molar refractivity (Wildman–Crippen MR) is 58.9 cm³/mol. The van der Waals surface area contributed by atoms with Crippen LogP contribution in [0.15, 0.2) is 16.0 Å². The van der Waals surface area contributed by atoms with Gasteiger partial charge in [0.05, 0.1) is 5.56 Å². The molecule has 0 spiro atoms. The van der Waals surface area contributed by atoms with Crippen molar-refractivity contribution in [1.29, 1.82) is 5.26 Å². The van der Waals surface area contributed by atoms with Crippen LogP contribution in [-0.2, 0) is 5.41 Å². The van der Waals surface area contributed by atoms with Crippen molar-refractivity contribution in [3.05, 3.63) is 22.8 Å². The van der Waals surface area contributed by atoms with E-state index >= 15 is 0 Å². The second-order valence-corrected chi connectivity index (χ2v) is 5.18. The van der Waals surface area contributed by atoms with Crippen molar-refractivity contribution in [3.63, 3.8) is 0 Å². The summed E-state index contributed by atoms with van der Waals surface area (Å²) in [6.45, 7) is 2.13. The number of hydrogen-bond donors (Lipinski definition) is 0. The zero-order valence-corrected chi connectivity index (χ0v) is 9.54. The van der Waals surface area contributed by atoms with E-state index in [9.17, 15) is 0 Å². The SMILES string of the molecule is CC1(c2noc(-c3sccc3C#N)n2)CC1. The third-order valence-corrected chi connectivity index (χ3v) is 3.85. The molecule has 1 saturated carbocycles. The summed E-state index contributed by atoms with van der Waals surface area (Å²) < 4.78 is 5.22. The van der Waals surface area contributed by atoms with Crippen molar-refractivity contribution in [2.45, 2.75) is 25.2 Å². The quantitative estimate of drug-likeness (QED) is 0.797. The molecule has 0 N–H and O–H groups in total. The number of nitriles is 1. The first-order chi connectivity index (χ1) is 7.73. The molecule has 2 heterocycles. The van der Waals surface area contributed by atoms with Crippen molar-refractivity contribution >= 4 is 11.3 Å². The fourth-order valence-corrected chi connectivity index (χ4v) is 2.30. The molecule has 2 aromatic heterocycles. The maximum atomic E-state index is 8.91. The lowest BCUT2D eigenvalue weighted by atomic mass is 10.1. The topological polar surface area (TPSA) is 62.7 Å². The average Bonchev–Trinajstić information content (AvgIpc) is 2.78. The van der Waals surface area contributed by atoms with Crippen LogP contribution in [0.4, 0.5) is 0 Å². The molecule has 0 bridgehead atoms. The van der Waals surface area contributed by atoms with Gasteiger partial charge in [-0.2, -0.15) is 10.2 Å². The van der Waals surface area contributed by atoms with Gasteiger partial charge in [0.15, 0.2) is 5.82 Å². The van der Waals surface area contributed by atoms with E-state index in [0.29, 0.717) is 11.5 Å². The lowest BCUT2D eigenvalue weighted by Crippen LogP contribution is -2.01. The standard InChI is InChI=1S/C11H9N3OS/c1-11(3-4-11)10-13-9(15-14-10)8-7(6-12)2-5-16-8/h2,5H,3-4H2,1H3. The zero-order valence-electron chi connectivity index (χ0n) is 8.73. The molecule has 16 heavy (non-hydrogen) atoms. The largest absolute Gasteiger partial charge is 0.333 e. The monoisotopic (exact) mass is 231 g/mol. The van der Waals surface area contributed by atoms with E-state index in [2.05, 4.69) is 23.1 Å². The molecular weight excluding hydrogens is 222 g/mol. The number of aromatic nitrogens is 2. The second-order valence-electron chi connectivity index (χ2n) is 4.26. The minimum atomic E-state index is 0.103. The van der Waals surface area contributed by atoms with Crippen LogP contribution in [0.2, 0.25) is 0 Å². The Morgan fingerprint density at radius 2 is 2.38 bits per heavy atom. The molecule has 1 aliphatic rings. The highest BCUT2D eigenvalue weighted by Gasteiger charge is 2.43. The highest BCUT2D eigenvalue weighted by molar-refractivity contribution is 7.13. The molecule has 1 aliphatic carbocycles. The average molecular weight is 231 g/mol. The zero-order chi connectivity index (χ0) is 11.2. The lowest BCUT2D eigenvalue weighted by molar-refractivity contribution is 0.416. The van der Waals surface area contributed by atoms with Crippen molar-refractivity contribution in [3.8, 4) is 16.8 Å². The summed E-state index contributed by atoms with van der Waals surface area (Å²) >= 11 is 1.45. The van der Waals surface area contributed by atoms with Gasteiger partial charge in [0.25, 0.3) is 5.89 Å². The first kappa shape index (κ1) is 9.55. The third kappa shape index (κ3) is 1.34. The van der Waals surface area contributed by atoms with E-state index in [-0.39, 0.29) is 5.41 Å². The van der Waals surface area contributed by atoms with Gasteiger partial charge in [0, 0.05) is 5.41 Å². The smallest absolute Gasteiger partial charge is 0.269 e. The highest BCUT2D eigenvalue weighted by atomic mass is 32.1. The number of thiophene rings is 1. The summed E-state index contributed by atoms with van der Waals surface area (Å²) in [5.74, 6) is 1.23. The van der Waals surface area contributed by atoms with Crippen LogP contribution in [-0.4, -0.2) is 10.1 Å². The maximum Gasteiger partial charge on any atom is 0.269 e. The molecular formula is C11H9N3OS. The molecule has 0 saturated heterocycles. The van der Waals surface area contributed by atoms with Gasteiger partial charge in [0.2, 0.25) is 0 Å². The summed E-state index contributed by atoms with van der Waals surface area (Å²) in [7, 11) is 0. The first-order valence-electron chi connectivity index (χ1n) is 5.05. The Kier molecular flexibility index (Phi) is 1.88. The minimum absolute atomic E-state index is 0.103. The molecule has 0 aliphatic heterocycles. The van der Waals surface area contributed by atoms with Gasteiger partial charge >= 0.3 is 0 Å². The Hall–Kier alpha value is -1.67. The van der Waals surface area contributed by atoms with Crippen LogP contribution < -0.4 is 0 Å². The van der Waals surface area contributed by atoms with Crippen LogP contribution in [0.1, 0.15) is 31.2 Å². The van der Waals surface area contributed by atoms with Gasteiger partial charge in [-0.05, 0) is 24.3 Å². The van der Waals surface area contributed by atoms with Gasteiger partial charge in [0.1, 0.15) is 10.9 Å². The van der Waals surface area contributed by atoms with Crippen LogP contribution in [0.3, 0.4) is 0 Å². The van der Waals surface area contributed by atoms with Gasteiger partial charge < -0.3 is 4.52 Å². The van der Waals surface area contributed by atoms with Crippen molar-refractivity contribution in [2.24, 2.45) is 0 Å². The Labute approximate surface area is 96.5 Å². The van der Waals surface area contributed by atoms with E-state index in [1.54, 1.807) is 6.07 Å². The summed E-state index contributed by atoms with van der Waals surface area (Å²) in [6, 6.07) is 3.89. The Morgan fingerprint density at radius 3 is 3.06 bits per heavy atom. The molecule has 1 fully saturated rings. The summed E-state index contributed by atoms with van der Waals surface area (Å²) in [5, 5.41) is 14.8. The third-order valence-electron chi connectivity index (χ3n) is 2.95. The number of nitrogens with zero attached hydrogens (tertiary/aromatic N) is 3. The molecule has 0 unspecified atom stereocenters. The Balaban J connectivity index is 2.02.